The number of rotatable bonds is 7. The molecule has 2 aromatic carbocycles. The van der Waals surface area contributed by atoms with E-state index in [4.69, 9.17) is 10.5 Å². The minimum Gasteiger partial charge on any atom is -0.507 e. The predicted molar refractivity (Wildman–Crippen MR) is 171 cm³/mol. The highest BCUT2D eigenvalue weighted by atomic mass is 31.1. The molecule has 4 aliphatic rings. The van der Waals surface area contributed by atoms with Crippen LogP contribution in [0.25, 0.3) is 16.3 Å². The third-order valence-corrected chi connectivity index (χ3v) is 9.81. The summed E-state index contributed by atoms with van der Waals surface area (Å²) in [6.07, 6.45) is 18.0. The number of phenolic OH excluding ortho intramolecular Hbond substituents is 1. The molecule has 0 aliphatic heterocycles. The smallest absolute Gasteiger partial charge is 0.124 e. The summed E-state index contributed by atoms with van der Waals surface area (Å²) in [5, 5.41) is 30.9. The highest BCUT2D eigenvalue weighted by molar-refractivity contribution is 7.57. The summed E-state index contributed by atoms with van der Waals surface area (Å²) in [7, 11) is -1.54. The van der Waals surface area contributed by atoms with Gasteiger partial charge in [0.05, 0.1) is 13.9 Å². The molecule has 4 unspecified atom stereocenters. The van der Waals surface area contributed by atoms with Crippen LogP contribution < -0.4 is 0 Å². The van der Waals surface area contributed by atoms with Gasteiger partial charge in [-0.2, -0.15) is 10.2 Å². The van der Waals surface area contributed by atoms with E-state index in [9.17, 15) is 10.00 Å². The van der Waals surface area contributed by atoms with Gasteiger partial charge >= 0.3 is 0 Å². The first-order valence-corrected chi connectivity index (χ1v) is 15.3. The molecule has 0 heterocycles. The lowest BCUT2D eigenvalue weighted by atomic mass is 9.84. The molecule has 6 rings (SSSR count). The number of nitrogens with zero attached hydrogens (tertiary/aromatic N) is 2. The first kappa shape index (κ1) is 27.3. The van der Waals surface area contributed by atoms with Gasteiger partial charge in [-0.05, 0) is 107 Å². The first-order chi connectivity index (χ1) is 19.6. The van der Waals surface area contributed by atoms with Crippen molar-refractivity contribution in [3.05, 3.63) is 130 Å². The van der Waals surface area contributed by atoms with Crippen LogP contribution in [0.1, 0.15) is 43.4 Å². The molecule has 4 atom stereocenters. The van der Waals surface area contributed by atoms with E-state index in [0.717, 1.165) is 55.1 Å². The van der Waals surface area contributed by atoms with E-state index in [-0.39, 0.29) is 29.4 Å². The van der Waals surface area contributed by atoms with Gasteiger partial charge in [0.25, 0.3) is 0 Å². The van der Waals surface area contributed by atoms with Crippen LogP contribution in [0.2, 0.25) is 0 Å². The first-order valence-electron chi connectivity index (χ1n) is 14.0. The van der Waals surface area contributed by atoms with Crippen LogP contribution in [0.5, 0.6) is 5.75 Å². The third kappa shape index (κ3) is 4.94. The van der Waals surface area contributed by atoms with Crippen molar-refractivity contribution in [1.29, 1.82) is 5.41 Å². The summed E-state index contributed by atoms with van der Waals surface area (Å²) in [6.45, 7) is 12.5. The molecule has 6 heteroatoms. The Kier molecular flexibility index (Phi) is 6.97. The zero-order valence-electron chi connectivity index (χ0n) is 23.8. The molecular weight excluding hydrogens is 525 g/mol. The highest BCUT2D eigenvalue weighted by Gasteiger charge is 2.32. The molecule has 2 aromatic rings. The number of nitrogens with one attached hydrogen (secondary N) is 1. The van der Waals surface area contributed by atoms with Crippen molar-refractivity contribution in [3.8, 4) is 5.75 Å². The van der Waals surface area contributed by atoms with Gasteiger partial charge in [0.1, 0.15) is 17.6 Å². The second-order valence-electron chi connectivity index (χ2n) is 11.4. The van der Waals surface area contributed by atoms with Crippen molar-refractivity contribution in [2.45, 2.75) is 45.4 Å². The van der Waals surface area contributed by atoms with E-state index in [1.807, 2.05) is 43.4 Å². The van der Waals surface area contributed by atoms with Crippen LogP contribution >= 0.6 is 8.15 Å². The van der Waals surface area contributed by atoms with Crippen LogP contribution in [0, 0.1) is 18.3 Å². The quantitative estimate of drug-likeness (QED) is 0.234. The monoisotopic (exact) mass is 559 g/mol. The number of hydrogen-bond donors (Lipinski definition) is 3. The number of allylic oxidation sites excluding steroid dienone is 13. The summed E-state index contributed by atoms with van der Waals surface area (Å²) in [4.78, 5) is 11.1. The van der Waals surface area contributed by atoms with Crippen LogP contribution in [0.15, 0.2) is 123 Å². The molecule has 0 radical (unpaired) electrons. The maximum Gasteiger partial charge on any atom is 0.124 e. The molecule has 41 heavy (non-hydrogen) atoms. The molecule has 0 aromatic heterocycles. The second-order valence-corrected chi connectivity index (χ2v) is 13.4. The molecule has 0 fully saturated rings. The van der Waals surface area contributed by atoms with Crippen molar-refractivity contribution in [2.24, 2.45) is 16.1 Å². The summed E-state index contributed by atoms with van der Waals surface area (Å²) in [6, 6.07) is 8.01. The van der Waals surface area contributed by atoms with Gasteiger partial charge < -0.3 is 15.4 Å². The van der Waals surface area contributed by atoms with E-state index >= 15 is 0 Å². The fraction of sp³-hybridized carbons (Fsp3) is 0.229. The molecule has 3 N–H and O–H groups in total. The summed E-state index contributed by atoms with van der Waals surface area (Å²) in [5.41, 5.74) is 8.93. The lowest BCUT2D eigenvalue weighted by Gasteiger charge is -2.21. The van der Waals surface area contributed by atoms with Crippen molar-refractivity contribution in [1.82, 2.24) is 0 Å². The minimum atomic E-state index is -1.54. The van der Waals surface area contributed by atoms with E-state index in [1.165, 1.54) is 5.57 Å². The van der Waals surface area contributed by atoms with Crippen LogP contribution in [0.4, 0.5) is 0 Å². The van der Waals surface area contributed by atoms with Gasteiger partial charge in [0.15, 0.2) is 0 Å². The largest absolute Gasteiger partial charge is 0.507 e. The minimum absolute atomic E-state index is 0.00120. The third-order valence-electron chi connectivity index (χ3n) is 8.21. The van der Waals surface area contributed by atoms with Gasteiger partial charge in [-0.1, -0.05) is 62.4 Å². The van der Waals surface area contributed by atoms with E-state index in [0.29, 0.717) is 5.71 Å². The van der Waals surface area contributed by atoms with Crippen LogP contribution in [-0.4, -0.2) is 27.5 Å². The molecule has 0 saturated heterocycles. The number of benzene rings is 2. The van der Waals surface area contributed by atoms with Crippen LogP contribution in [0.3, 0.4) is 0 Å². The highest BCUT2D eigenvalue weighted by Crippen LogP contribution is 2.51. The van der Waals surface area contributed by atoms with E-state index in [1.54, 1.807) is 6.08 Å². The topological polar surface area (TPSA) is 89.0 Å². The summed E-state index contributed by atoms with van der Waals surface area (Å²) in [5.74, 6) is 0.167. The molecule has 0 spiro atoms. The number of fused-ring (bicyclic) bond motifs is 2. The Labute approximate surface area is 242 Å². The molecular formula is C35H34N3O2P. The van der Waals surface area contributed by atoms with E-state index < -0.39 is 8.15 Å². The van der Waals surface area contributed by atoms with Gasteiger partial charge in [-0.15, -0.1) is 0 Å². The maximum absolute atomic E-state index is 11.1. The second kappa shape index (κ2) is 10.5. The SMILES string of the molecule is C=C(c1cc(O)c2cc(C)cc(C3C=CC4=C3C(N=NC(C)P(O)C3=CC5=CC(=N)C=CC5=C3)C=C4)c2c1)C(C)C. The summed E-state index contributed by atoms with van der Waals surface area (Å²) >= 11 is 0. The molecule has 0 bridgehead atoms. The Morgan fingerprint density at radius 3 is 2.51 bits per heavy atom. The zero-order chi connectivity index (χ0) is 29.0. The van der Waals surface area contributed by atoms with Crippen molar-refractivity contribution >= 4 is 30.2 Å². The predicted octanol–water partition coefficient (Wildman–Crippen LogP) is 8.94. The number of aromatic hydroxyl groups is 1. The fourth-order valence-electron chi connectivity index (χ4n) is 5.91. The number of azo groups is 1. The Hall–Kier alpha value is -3.92. The van der Waals surface area contributed by atoms with Crippen molar-refractivity contribution < 1.29 is 10.00 Å². The standard InChI is InChI=1S/C35H34N3O2P/c1-19(2)21(4)25-17-31-30(12-20(3)13-32(31)34(39)18-25)29-10-7-23-8-11-33(35(23)29)38-37-22(5)41(40)28-15-24-6-9-27(36)14-26(24)16-28/h6-19,22,29,33,36,39-40H,4H2,1-3,5H3. The Morgan fingerprint density at radius 1 is 0.951 bits per heavy atom. The number of phenols is 1. The average molecular weight is 560 g/mol. The van der Waals surface area contributed by atoms with Crippen LogP contribution in [-0.2, 0) is 0 Å². The normalized spacial score (nSPS) is 22.5. The van der Waals surface area contributed by atoms with Crippen molar-refractivity contribution in [2.75, 3.05) is 0 Å². The maximum atomic E-state index is 11.1. The number of hydrogen-bond acceptors (Lipinski definition) is 5. The summed E-state index contributed by atoms with van der Waals surface area (Å²) < 4.78 is 0. The molecule has 0 amide bonds. The van der Waals surface area contributed by atoms with E-state index in [2.05, 4.69) is 68.9 Å². The fourth-order valence-corrected chi connectivity index (χ4v) is 7.04. The van der Waals surface area contributed by atoms with Gasteiger partial charge in [0, 0.05) is 16.6 Å². The zero-order valence-corrected chi connectivity index (χ0v) is 24.7. The average Bonchev–Trinajstić information content (AvgIpc) is 3.66. The number of aryl methyl sites for hydroxylation is 1. The molecule has 0 saturated carbocycles. The van der Waals surface area contributed by atoms with Gasteiger partial charge in [0.2, 0.25) is 0 Å². The molecule has 206 valence electrons. The van der Waals surface area contributed by atoms with Gasteiger partial charge in [-0.25, -0.2) is 0 Å². The Balaban J connectivity index is 1.29. The molecule has 5 nitrogen and oxygen atoms in total. The Morgan fingerprint density at radius 2 is 1.73 bits per heavy atom. The lowest BCUT2D eigenvalue weighted by molar-refractivity contribution is 0.481. The van der Waals surface area contributed by atoms with Gasteiger partial charge in [-0.3, -0.25) is 0 Å². The molecule has 4 aliphatic carbocycles. The Bertz CT molecular complexity index is 1760. The van der Waals surface area contributed by atoms with Crippen molar-refractivity contribution in [3.63, 3.8) is 0 Å². The lowest BCUT2D eigenvalue weighted by Crippen LogP contribution is -2.10.